The summed E-state index contributed by atoms with van der Waals surface area (Å²) in [5.41, 5.74) is 0.146. The number of likely N-dealkylation sites (N-methyl/N-ethyl adjacent to an activating group) is 1. The maximum Gasteiger partial charge on any atom is 0.184 e. The summed E-state index contributed by atoms with van der Waals surface area (Å²) in [6, 6.07) is 4.11. The van der Waals surface area contributed by atoms with Gasteiger partial charge in [0.15, 0.2) is 5.78 Å². The number of ketones is 1. The van der Waals surface area contributed by atoms with Gasteiger partial charge in [0.1, 0.15) is 5.82 Å². The van der Waals surface area contributed by atoms with Crippen molar-refractivity contribution in [3.05, 3.63) is 34.1 Å². The first-order valence-corrected chi connectivity index (χ1v) is 6.28. The fourth-order valence-corrected chi connectivity index (χ4v) is 2.31. The molecule has 3 nitrogen and oxygen atoms in total. The highest BCUT2D eigenvalue weighted by molar-refractivity contribution is 9.10. The Balaban J connectivity index is 2.21. The zero-order valence-electron chi connectivity index (χ0n) is 9.54. The van der Waals surface area contributed by atoms with Crippen molar-refractivity contribution in [3.8, 4) is 0 Å². The molecule has 1 aromatic carbocycles. The Morgan fingerprint density at radius 3 is 3.06 bits per heavy atom. The van der Waals surface area contributed by atoms with E-state index in [9.17, 15) is 9.18 Å². The topological polar surface area (TPSA) is 32.3 Å². The fraction of sp³-hybridized carbons (Fsp3) is 0.417. The summed E-state index contributed by atoms with van der Waals surface area (Å²) < 4.78 is 14.3. The standard InChI is InChI=1S/C12H14BrFN2O/c1-16-5-4-15-11(7-16)12(17)9-6-8(13)2-3-10(9)14/h2-3,6,11,15H,4-5,7H2,1H3. The van der Waals surface area contributed by atoms with Crippen molar-refractivity contribution in [1.29, 1.82) is 0 Å². The molecule has 1 aliphatic heterocycles. The van der Waals surface area contributed by atoms with Crippen molar-refractivity contribution >= 4 is 21.7 Å². The summed E-state index contributed by atoms with van der Waals surface area (Å²) in [6.07, 6.45) is 0. The Hall–Kier alpha value is -0.780. The minimum Gasteiger partial charge on any atom is -0.305 e. The molecule has 0 saturated carbocycles. The van der Waals surface area contributed by atoms with Crippen molar-refractivity contribution in [2.24, 2.45) is 0 Å². The zero-order chi connectivity index (χ0) is 12.4. The number of nitrogens with one attached hydrogen (secondary N) is 1. The van der Waals surface area contributed by atoms with E-state index in [2.05, 4.69) is 26.1 Å². The second-order valence-electron chi connectivity index (χ2n) is 4.26. The van der Waals surface area contributed by atoms with Crippen molar-refractivity contribution in [1.82, 2.24) is 10.2 Å². The summed E-state index contributed by atoms with van der Waals surface area (Å²) in [5, 5.41) is 3.12. The SMILES string of the molecule is CN1CCNC(C(=O)c2cc(Br)ccc2F)C1. The average Bonchev–Trinajstić information content (AvgIpc) is 2.31. The number of nitrogens with zero attached hydrogens (tertiary/aromatic N) is 1. The Morgan fingerprint density at radius 1 is 1.59 bits per heavy atom. The Morgan fingerprint density at radius 2 is 2.35 bits per heavy atom. The normalized spacial score (nSPS) is 21.5. The lowest BCUT2D eigenvalue weighted by molar-refractivity contribution is 0.0890. The summed E-state index contributed by atoms with van der Waals surface area (Å²) in [6.45, 7) is 2.28. The van der Waals surface area contributed by atoms with Crippen LogP contribution in [0, 0.1) is 5.82 Å². The Kier molecular flexibility index (Phi) is 3.91. The Bertz CT molecular complexity index is 439. The zero-order valence-corrected chi connectivity index (χ0v) is 11.1. The maximum absolute atomic E-state index is 13.6. The lowest BCUT2D eigenvalue weighted by Gasteiger charge is -2.30. The van der Waals surface area contributed by atoms with Gasteiger partial charge in [-0.25, -0.2) is 4.39 Å². The van der Waals surface area contributed by atoms with E-state index in [1.807, 2.05) is 7.05 Å². The molecule has 1 fully saturated rings. The van der Waals surface area contributed by atoms with Gasteiger partial charge in [0.05, 0.1) is 11.6 Å². The number of carbonyl (C=O) groups excluding carboxylic acids is 1. The molecule has 0 aromatic heterocycles. The lowest BCUT2D eigenvalue weighted by Crippen LogP contribution is -2.52. The van der Waals surface area contributed by atoms with Crippen LogP contribution in [0.2, 0.25) is 0 Å². The summed E-state index contributed by atoms with van der Waals surface area (Å²) >= 11 is 3.25. The molecule has 1 N–H and O–H groups in total. The number of Topliss-reactive ketones (excluding diaryl/α,β-unsaturated/α-hetero) is 1. The molecule has 0 bridgehead atoms. The van der Waals surface area contributed by atoms with Crippen molar-refractivity contribution in [3.63, 3.8) is 0 Å². The van der Waals surface area contributed by atoms with Crippen LogP contribution in [-0.2, 0) is 0 Å². The van der Waals surface area contributed by atoms with Crippen LogP contribution < -0.4 is 5.32 Å². The fourth-order valence-electron chi connectivity index (χ4n) is 1.95. The van der Waals surface area contributed by atoms with Crippen LogP contribution in [0.15, 0.2) is 22.7 Å². The molecular formula is C12H14BrFN2O. The van der Waals surface area contributed by atoms with Crippen LogP contribution in [0.4, 0.5) is 4.39 Å². The predicted molar refractivity (Wildman–Crippen MR) is 67.7 cm³/mol. The predicted octanol–water partition coefficient (Wildman–Crippen LogP) is 1.67. The van der Waals surface area contributed by atoms with Gasteiger partial charge in [0, 0.05) is 24.1 Å². The Labute approximate surface area is 108 Å². The van der Waals surface area contributed by atoms with Gasteiger partial charge in [-0.1, -0.05) is 15.9 Å². The van der Waals surface area contributed by atoms with Gasteiger partial charge >= 0.3 is 0 Å². The molecule has 0 spiro atoms. The average molecular weight is 301 g/mol. The molecular weight excluding hydrogens is 287 g/mol. The highest BCUT2D eigenvalue weighted by Gasteiger charge is 2.26. The van der Waals surface area contributed by atoms with Crippen LogP contribution in [0.25, 0.3) is 0 Å². The summed E-state index contributed by atoms with van der Waals surface area (Å²) in [4.78, 5) is 14.2. The van der Waals surface area contributed by atoms with E-state index in [1.54, 1.807) is 6.07 Å². The number of benzene rings is 1. The third-order valence-corrected chi connectivity index (χ3v) is 3.38. The van der Waals surface area contributed by atoms with Gasteiger partial charge in [-0.05, 0) is 25.2 Å². The minimum absolute atomic E-state index is 0.146. The van der Waals surface area contributed by atoms with Crippen LogP contribution in [0.1, 0.15) is 10.4 Å². The number of carbonyl (C=O) groups is 1. The molecule has 0 aliphatic carbocycles. The van der Waals surface area contributed by atoms with E-state index in [4.69, 9.17) is 0 Å². The van der Waals surface area contributed by atoms with Crippen molar-refractivity contribution in [2.45, 2.75) is 6.04 Å². The van der Waals surface area contributed by atoms with Crippen LogP contribution in [0.3, 0.4) is 0 Å². The van der Waals surface area contributed by atoms with E-state index in [0.717, 1.165) is 13.1 Å². The molecule has 1 aromatic rings. The number of piperazine rings is 1. The minimum atomic E-state index is -0.465. The van der Waals surface area contributed by atoms with Crippen LogP contribution in [-0.4, -0.2) is 43.4 Å². The maximum atomic E-state index is 13.6. The quantitative estimate of drug-likeness (QED) is 0.844. The first kappa shape index (κ1) is 12.7. The third-order valence-electron chi connectivity index (χ3n) is 2.89. The van der Waals surface area contributed by atoms with Gasteiger partial charge in [0.2, 0.25) is 0 Å². The van der Waals surface area contributed by atoms with Gasteiger partial charge in [-0.3, -0.25) is 4.79 Å². The highest BCUT2D eigenvalue weighted by atomic mass is 79.9. The van der Waals surface area contributed by atoms with E-state index >= 15 is 0 Å². The molecule has 92 valence electrons. The molecule has 1 saturated heterocycles. The van der Waals surface area contributed by atoms with Crippen LogP contribution >= 0.6 is 15.9 Å². The number of rotatable bonds is 2. The first-order valence-electron chi connectivity index (χ1n) is 5.49. The second-order valence-corrected chi connectivity index (χ2v) is 5.17. The van der Waals surface area contributed by atoms with E-state index in [0.29, 0.717) is 11.0 Å². The molecule has 0 radical (unpaired) electrons. The molecule has 1 heterocycles. The largest absolute Gasteiger partial charge is 0.305 e. The van der Waals surface area contributed by atoms with Gasteiger partial charge in [-0.2, -0.15) is 0 Å². The monoisotopic (exact) mass is 300 g/mol. The van der Waals surface area contributed by atoms with E-state index in [-0.39, 0.29) is 17.4 Å². The van der Waals surface area contributed by atoms with Gasteiger partial charge < -0.3 is 10.2 Å². The van der Waals surface area contributed by atoms with Crippen molar-refractivity contribution in [2.75, 3.05) is 26.7 Å². The molecule has 1 atom stereocenters. The molecule has 2 rings (SSSR count). The molecule has 0 amide bonds. The molecule has 1 aliphatic rings. The summed E-state index contributed by atoms with van der Waals surface area (Å²) in [7, 11) is 1.96. The smallest absolute Gasteiger partial charge is 0.184 e. The third kappa shape index (κ3) is 2.91. The number of halogens is 2. The number of hydrogen-bond donors (Lipinski definition) is 1. The second kappa shape index (κ2) is 5.25. The molecule has 5 heteroatoms. The lowest BCUT2D eigenvalue weighted by atomic mass is 10.0. The van der Waals surface area contributed by atoms with Gasteiger partial charge in [-0.15, -0.1) is 0 Å². The number of hydrogen-bond acceptors (Lipinski definition) is 3. The molecule has 17 heavy (non-hydrogen) atoms. The van der Waals surface area contributed by atoms with Gasteiger partial charge in [0.25, 0.3) is 0 Å². The molecule has 1 unspecified atom stereocenters. The van der Waals surface area contributed by atoms with Crippen molar-refractivity contribution < 1.29 is 9.18 Å². The summed E-state index contributed by atoms with van der Waals surface area (Å²) in [5.74, 6) is -0.649. The van der Waals surface area contributed by atoms with E-state index < -0.39 is 5.82 Å². The highest BCUT2D eigenvalue weighted by Crippen LogP contribution is 2.17. The van der Waals surface area contributed by atoms with Crippen LogP contribution in [0.5, 0.6) is 0 Å². The van der Waals surface area contributed by atoms with E-state index in [1.165, 1.54) is 12.1 Å². The first-order chi connectivity index (χ1) is 8.08.